The Bertz CT molecular complexity index is 869. The van der Waals surface area contributed by atoms with Crippen LogP contribution in [0.5, 0.6) is 11.5 Å². The third-order valence-electron chi connectivity index (χ3n) is 8.61. The lowest BCUT2D eigenvalue weighted by Crippen LogP contribution is -2.38. The second kappa shape index (κ2) is 9.91. The maximum absolute atomic E-state index is 10.2. The summed E-state index contributed by atoms with van der Waals surface area (Å²) < 4.78 is 5.64. The van der Waals surface area contributed by atoms with E-state index in [0.29, 0.717) is 36.3 Å². The minimum Gasteiger partial charge on any atom is -0.508 e. The average molecular weight is 521 g/mol. The molecule has 2 aliphatic carbocycles. The molecule has 3 aliphatic rings. The Morgan fingerprint density at radius 2 is 2.06 bits per heavy atom. The van der Waals surface area contributed by atoms with Crippen molar-refractivity contribution in [2.45, 2.75) is 97.8 Å². The van der Waals surface area contributed by atoms with Gasteiger partial charge >= 0.3 is 0 Å². The van der Waals surface area contributed by atoms with Gasteiger partial charge in [-0.3, -0.25) is 4.84 Å². The van der Waals surface area contributed by atoms with Crippen molar-refractivity contribution in [1.82, 2.24) is 5.06 Å². The van der Waals surface area contributed by atoms with E-state index in [2.05, 4.69) is 53.7 Å². The van der Waals surface area contributed by atoms with Gasteiger partial charge in [0.05, 0.1) is 12.2 Å². The van der Waals surface area contributed by atoms with E-state index >= 15 is 0 Å². The Morgan fingerprint density at radius 1 is 1.27 bits per heavy atom. The third kappa shape index (κ3) is 5.31. The van der Waals surface area contributed by atoms with Crippen LogP contribution in [0.25, 0.3) is 0 Å². The van der Waals surface area contributed by atoms with E-state index < -0.39 is 0 Å². The lowest BCUT2D eigenvalue weighted by Gasteiger charge is -2.44. The number of phenolic OH excluding ortho intramolecular Hbond substituents is 1. The van der Waals surface area contributed by atoms with Gasteiger partial charge in [-0.05, 0) is 112 Å². The van der Waals surface area contributed by atoms with Crippen molar-refractivity contribution in [3.8, 4) is 11.5 Å². The molecule has 0 bridgehead atoms. The number of hydroxylamine groups is 2. The van der Waals surface area contributed by atoms with E-state index in [1.54, 1.807) is 11.6 Å². The quantitative estimate of drug-likeness (QED) is 0.402. The Morgan fingerprint density at radius 3 is 2.79 bits per heavy atom. The Kier molecular flexibility index (Phi) is 7.53. The number of ether oxygens (including phenoxy) is 1. The fraction of sp³-hybridized carbons (Fsp3) is 0.714. The lowest BCUT2D eigenvalue weighted by atomic mass is 9.61. The molecule has 1 N–H and O–H groups in total. The summed E-state index contributed by atoms with van der Waals surface area (Å²) in [6.07, 6.45) is 8.81. The summed E-state index contributed by atoms with van der Waals surface area (Å²) in [5, 5.41) is 12.4. The number of hydrogen-bond donors (Lipinski definition) is 1. The molecule has 1 aromatic rings. The second-order valence-corrected chi connectivity index (χ2v) is 12.0. The number of halogens is 1. The van der Waals surface area contributed by atoms with Crippen molar-refractivity contribution in [3.63, 3.8) is 0 Å². The molecule has 0 spiro atoms. The summed E-state index contributed by atoms with van der Waals surface area (Å²) >= 11 is 3.66. The van der Waals surface area contributed by atoms with Crippen LogP contribution in [0.3, 0.4) is 0 Å². The summed E-state index contributed by atoms with van der Waals surface area (Å²) in [4.78, 5) is 8.66. The van der Waals surface area contributed by atoms with E-state index in [-0.39, 0.29) is 11.4 Å². The van der Waals surface area contributed by atoms with Crippen LogP contribution < -0.4 is 4.74 Å². The smallest absolute Gasteiger partial charge is 0.123 e. The van der Waals surface area contributed by atoms with Crippen molar-refractivity contribution >= 4 is 15.9 Å². The zero-order chi connectivity index (χ0) is 23.8. The van der Waals surface area contributed by atoms with Crippen LogP contribution in [0.15, 0.2) is 28.8 Å². The molecule has 184 valence electrons. The number of nitrogens with zero attached hydrogens (tertiary/aromatic N) is 1. The van der Waals surface area contributed by atoms with Gasteiger partial charge in [0.2, 0.25) is 0 Å². The Hall–Kier alpha value is -1.04. The van der Waals surface area contributed by atoms with Gasteiger partial charge in [-0.1, -0.05) is 35.4 Å². The first kappa shape index (κ1) is 25.1. The highest BCUT2D eigenvalue weighted by molar-refractivity contribution is 9.11. The van der Waals surface area contributed by atoms with E-state index in [0.717, 1.165) is 30.2 Å². The molecule has 5 heteroatoms. The molecular weight excluding hydrogens is 478 g/mol. The molecule has 1 heterocycles. The van der Waals surface area contributed by atoms with Gasteiger partial charge in [0, 0.05) is 18.7 Å². The molecular formula is C28H42BrNO3. The first-order valence-electron chi connectivity index (χ1n) is 12.9. The van der Waals surface area contributed by atoms with E-state index in [9.17, 15) is 5.11 Å². The number of aromatic hydroxyl groups is 1. The molecule has 4 nitrogen and oxygen atoms in total. The summed E-state index contributed by atoms with van der Waals surface area (Å²) in [5.74, 6) is 3.13. The second-order valence-electron chi connectivity index (χ2n) is 11.5. The van der Waals surface area contributed by atoms with Crippen LogP contribution in [0, 0.1) is 23.2 Å². The first-order chi connectivity index (χ1) is 15.6. The minimum absolute atomic E-state index is 0.164. The van der Waals surface area contributed by atoms with Crippen LogP contribution in [-0.2, 0) is 11.4 Å². The fourth-order valence-electron chi connectivity index (χ4n) is 7.36. The van der Waals surface area contributed by atoms with Crippen LogP contribution in [0.2, 0.25) is 0 Å². The molecule has 0 amide bonds. The van der Waals surface area contributed by atoms with Gasteiger partial charge in [0.1, 0.15) is 11.5 Å². The number of fused-ring (bicyclic) bond motifs is 1. The van der Waals surface area contributed by atoms with Gasteiger partial charge < -0.3 is 9.84 Å². The molecule has 0 radical (unpaired) electrons. The van der Waals surface area contributed by atoms with E-state index in [4.69, 9.17) is 9.57 Å². The van der Waals surface area contributed by atoms with Gasteiger partial charge in [-0.25, -0.2) is 0 Å². The number of allylic oxidation sites excluding steroid dienone is 1. The molecule has 1 saturated heterocycles. The van der Waals surface area contributed by atoms with Crippen LogP contribution in [0.4, 0.5) is 0 Å². The zero-order valence-electron chi connectivity index (χ0n) is 21.1. The third-order valence-corrected chi connectivity index (χ3v) is 9.20. The Balaban J connectivity index is 1.48. The predicted octanol–water partition coefficient (Wildman–Crippen LogP) is 7.60. The predicted molar refractivity (Wildman–Crippen MR) is 137 cm³/mol. The van der Waals surface area contributed by atoms with Crippen molar-refractivity contribution in [2.24, 2.45) is 23.2 Å². The maximum atomic E-state index is 10.2. The van der Waals surface area contributed by atoms with Crippen molar-refractivity contribution in [3.05, 3.63) is 34.3 Å². The molecule has 4 rings (SSSR count). The summed E-state index contributed by atoms with van der Waals surface area (Å²) in [5.41, 5.74) is 2.93. The zero-order valence-corrected chi connectivity index (χ0v) is 22.7. The first-order valence-corrected chi connectivity index (χ1v) is 13.8. The van der Waals surface area contributed by atoms with Crippen molar-refractivity contribution in [1.29, 1.82) is 0 Å². The topological polar surface area (TPSA) is 41.9 Å². The highest BCUT2D eigenvalue weighted by atomic mass is 79.9. The molecule has 5 atom stereocenters. The molecule has 2 saturated carbocycles. The molecule has 1 unspecified atom stereocenters. The Labute approximate surface area is 208 Å². The number of hydrogen-bond acceptors (Lipinski definition) is 4. The minimum atomic E-state index is -0.164. The van der Waals surface area contributed by atoms with Crippen molar-refractivity contribution in [2.75, 3.05) is 6.61 Å². The van der Waals surface area contributed by atoms with Crippen LogP contribution in [0.1, 0.15) is 85.1 Å². The lowest BCUT2D eigenvalue weighted by molar-refractivity contribution is -0.201. The summed E-state index contributed by atoms with van der Waals surface area (Å²) in [7, 11) is 0. The van der Waals surface area contributed by atoms with Crippen LogP contribution in [-0.4, -0.2) is 28.4 Å². The monoisotopic (exact) mass is 519 g/mol. The summed E-state index contributed by atoms with van der Waals surface area (Å²) in [6, 6.07) is 5.91. The number of benzene rings is 1. The molecule has 1 aliphatic heterocycles. The number of rotatable bonds is 7. The van der Waals surface area contributed by atoms with Gasteiger partial charge in [0.25, 0.3) is 0 Å². The maximum Gasteiger partial charge on any atom is 0.123 e. The average Bonchev–Trinajstić information content (AvgIpc) is 3.22. The van der Waals surface area contributed by atoms with E-state index in [1.165, 1.54) is 32.1 Å². The summed E-state index contributed by atoms with van der Waals surface area (Å²) in [6.45, 7) is 12.6. The van der Waals surface area contributed by atoms with Gasteiger partial charge in [0.15, 0.2) is 0 Å². The van der Waals surface area contributed by atoms with E-state index in [1.807, 2.05) is 19.1 Å². The van der Waals surface area contributed by atoms with Crippen LogP contribution >= 0.6 is 15.9 Å². The molecule has 0 aromatic heterocycles. The molecule has 3 fully saturated rings. The highest BCUT2D eigenvalue weighted by Crippen LogP contribution is 2.60. The van der Waals surface area contributed by atoms with Crippen molar-refractivity contribution < 1.29 is 14.7 Å². The fourth-order valence-corrected chi connectivity index (χ4v) is 7.91. The SMILES string of the molecule is CCOc1cc(O)cc(CN2OC(C)(C)CC2C[C@@H](C)[C@H]2CC[C@H]3/C(=C/Br)CCC[C@]23C)c1. The highest BCUT2D eigenvalue weighted by Gasteiger charge is 2.51. The molecule has 33 heavy (non-hydrogen) atoms. The largest absolute Gasteiger partial charge is 0.508 e. The molecule has 1 aromatic carbocycles. The number of phenols is 1. The van der Waals surface area contributed by atoms with Gasteiger partial charge in [-0.2, -0.15) is 5.06 Å². The normalized spacial score (nSPS) is 33.9. The van der Waals surface area contributed by atoms with Gasteiger partial charge in [-0.15, -0.1) is 0 Å². The standard InChI is InChI=1S/C28H42BrNO3/c1-6-32-24-14-20(13-23(31)15-24)18-30-22(16-27(3,4)33-30)12-19(2)25-9-10-26-21(17-29)8-7-11-28(25,26)5/h13-15,17,19,22,25-26,31H,6-12,16,18H2,1-5H3/b21-17+/t19-,22?,25-,26+,28-/m1/s1.